The number of aromatic nitrogens is 1. The van der Waals surface area contributed by atoms with Crippen LogP contribution in [0, 0.1) is 0 Å². The van der Waals surface area contributed by atoms with Gasteiger partial charge < -0.3 is 20.0 Å². The molecule has 0 aliphatic heterocycles. The minimum Gasteiger partial charge on any atom is -0.479 e. The molecule has 0 spiro atoms. The standard InChI is InChI=1S/C24H24N2O6/c1-24(2,3)32-26-13-18(17-11-7-8-12-20(17)26)19(14-27)21(22(28)29)25-23(30)31-15-16-9-5-4-6-10-16/h4-13,21H,15H2,1-3H3,(H,25,30)(H,28,29). The Hall–Kier alpha value is -4.03. The number of alkyl carbamates (subject to hydrolysis) is 1. The van der Waals surface area contributed by atoms with Gasteiger partial charge in [0, 0.05) is 10.9 Å². The predicted octanol–water partition coefficient (Wildman–Crippen LogP) is 3.46. The van der Waals surface area contributed by atoms with Crippen LogP contribution in [-0.4, -0.2) is 39.5 Å². The largest absolute Gasteiger partial charge is 0.479 e. The van der Waals surface area contributed by atoms with Crippen molar-refractivity contribution < 1.29 is 29.1 Å². The van der Waals surface area contributed by atoms with Crippen LogP contribution in [0.15, 0.2) is 60.8 Å². The molecule has 32 heavy (non-hydrogen) atoms. The smallest absolute Gasteiger partial charge is 0.408 e. The topological polar surface area (TPSA) is 107 Å². The molecule has 8 nitrogen and oxygen atoms in total. The Morgan fingerprint density at radius 1 is 1.09 bits per heavy atom. The van der Waals surface area contributed by atoms with E-state index in [-0.39, 0.29) is 17.7 Å². The summed E-state index contributed by atoms with van der Waals surface area (Å²) in [6.07, 6.45) is 0.548. The normalized spacial score (nSPS) is 12.0. The maximum absolute atomic E-state index is 12.3. The van der Waals surface area contributed by atoms with E-state index in [0.717, 1.165) is 5.56 Å². The lowest BCUT2D eigenvalue weighted by Crippen LogP contribution is -2.42. The number of fused-ring (bicyclic) bond motifs is 1. The van der Waals surface area contributed by atoms with Crippen LogP contribution in [-0.2, 0) is 20.9 Å². The zero-order valence-corrected chi connectivity index (χ0v) is 18.0. The number of aliphatic carboxylic acids is 1. The molecule has 8 heteroatoms. The molecule has 0 bridgehead atoms. The van der Waals surface area contributed by atoms with Gasteiger partial charge in [0.05, 0.1) is 17.3 Å². The fourth-order valence-corrected chi connectivity index (χ4v) is 3.14. The summed E-state index contributed by atoms with van der Waals surface area (Å²) < 4.78 is 6.59. The highest BCUT2D eigenvalue weighted by molar-refractivity contribution is 6.08. The van der Waals surface area contributed by atoms with Gasteiger partial charge in [-0.05, 0) is 32.4 Å². The van der Waals surface area contributed by atoms with Gasteiger partial charge in [-0.25, -0.2) is 14.4 Å². The van der Waals surface area contributed by atoms with E-state index in [2.05, 4.69) is 5.32 Å². The summed E-state index contributed by atoms with van der Waals surface area (Å²) in [7, 11) is 0. The lowest BCUT2D eigenvalue weighted by atomic mass is 9.99. The first kappa shape index (κ1) is 22.7. The van der Waals surface area contributed by atoms with E-state index in [1.54, 1.807) is 54.5 Å². The minimum atomic E-state index is -1.66. The summed E-state index contributed by atoms with van der Waals surface area (Å²) in [4.78, 5) is 42.0. The molecule has 166 valence electrons. The number of carboxylic acid groups (broad SMARTS) is 1. The number of hydrogen-bond acceptors (Lipinski definition) is 5. The number of para-hydroxylation sites is 1. The third-order valence-electron chi connectivity index (χ3n) is 4.46. The average molecular weight is 436 g/mol. The molecule has 1 aromatic heterocycles. The number of nitrogens with one attached hydrogen (secondary N) is 1. The molecule has 1 amide bonds. The summed E-state index contributed by atoms with van der Waals surface area (Å²) in [5.74, 6) is 0.271. The van der Waals surface area contributed by atoms with Gasteiger partial charge in [0.2, 0.25) is 0 Å². The van der Waals surface area contributed by atoms with Gasteiger partial charge in [-0.2, -0.15) is 4.73 Å². The third-order valence-corrected chi connectivity index (χ3v) is 4.46. The minimum absolute atomic E-state index is 0.0438. The van der Waals surface area contributed by atoms with Crippen molar-refractivity contribution in [3.05, 3.63) is 71.9 Å². The van der Waals surface area contributed by atoms with Crippen molar-refractivity contribution in [3.8, 4) is 0 Å². The molecule has 2 N–H and O–H groups in total. The molecule has 0 aliphatic rings. The first-order chi connectivity index (χ1) is 15.2. The first-order valence-electron chi connectivity index (χ1n) is 9.94. The van der Waals surface area contributed by atoms with Crippen LogP contribution in [0.3, 0.4) is 0 Å². The molecule has 1 heterocycles. The van der Waals surface area contributed by atoms with Gasteiger partial charge >= 0.3 is 12.1 Å². The van der Waals surface area contributed by atoms with Crippen LogP contribution < -0.4 is 10.2 Å². The van der Waals surface area contributed by atoms with E-state index < -0.39 is 23.7 Å². The van der Waals surface area contributed by atoms with E-state index in [0.29, 0.717) is 10.9 Å². The van der Waals surface area contributed by atoms with E-state index in [1.807, 2.05) is 26.8 Å². The molecule has 2 aromatic carbocycles. The molecule has 1 unspecified atom stereocenters. The Balaban J connectivity index is 1.89. The number of carbonyl (C=O) groups excluding carboxylic acids is 2. The van der Waals surface area contributed by atoms with Crippen molar-refractivity contribution >= 4 is 34.5 Å². The Bertz CT molecular complexity index is 1170. The fourth-order valence-electron chi connectivity index (χ4n) is 3.14. The Morgan fingerprint density at radius 2 is 1.75 bits per heavy atom. The van der Waals surface area contributed by atoms with Gasteiger partial charge in [-0.1, -0.05) is 48.5 Å². The Kier molecular flexibility index (Phi) is 6.66. The lowest BCUT2D eigenvalue weighted by molar-refractivity contribution is -0.137. The van der Waals surface area contributed by atoms with Crippen LogP contribution in [0.4, 0.5) is 4.79 Å². The van der Waals surface area contributed by atoms with Crippen LogP contribution >= 0.6 is 0 Å². The van der Waals surface area contributed by atoms with Gasteiger partial charge in [-0.15, -0.1) is 0 Å². The summed E-state index contributed by atoms with van der Waals surface area (Å²) in [5.41, 5.74) is 0.872. The van der Waals surface area contributed by atoms with Gasteiger partial charge in [0.1, 0.15) is 18.1 Å². The molecule has 3 rings (SSSR count). The monoisotopic (exact) mass is 436 g/mol. The quantitative estimate of drug-likeness (QED) is 0.550. The first-order valence-corrected chi connectivity index (χ1v) is 9.94. The molecule has 0 fully saturated rings. The van der Waals surface area contributed by atoms with Gasteiger partial charge in [0.15, 0.2) is 6.04 Å². The number of hydrogen-bond donors (Lipinski definition) is 2. The van der Waals surface area contributed by atoms with Gasteiger partial charge in [-0.3, -0.25) is 0 Å². The number of ether oxygens (including phenoxy) is 1. The Morgan fingerprint density at radius 3 is 2.38 bits per heavy atom. The van der Waals surface area contributed by atoms with Crippen molar-refractivity contribution in [1.29, 1.82) is 0 Å². The summed E-state index contributed by atoms with van der Waals surface area (Å²) in [5, 5.41) is 12.6. The number of rotatable bonds is 7. The van der Waals surface area contributed by atoms with Crippen molar-refractivity contribution in [3.63, 3.8) is 0 Å². The molecular formula is C24H24N2O6. The molecule has 1 atom stereocenters. The highest BCUT2D eigenvalue weighted by Gasteiger charge is 2.30. The summed E-state index contributed by atoms with van der Waals surface area (Å²) >= 11 is 0. The zero-order chi connectivity index (χ0) is 23.3. The Labute approximate surface area is 185 Å². The van der Waals surface area contributed by atoms with Crippen molar-refractivity contribution in [1.82, 2.24) is 10.0 Å². The predicted molar refractivity (Wildman–Crippen MR) is 119 cm³/mol. The van der Waals surface area contributed by atoms with Crippen molar-refractivity contribution in [2.24, 2.45) is 0 Å². The highest BCUT2D eigenvalue weighted by atomic mass is 16.7. The zero-order valence-electron chi connectivity index (χ0n) is 18.0. The van der Waals surface area contributed by atoms with Crippen LogP contribution in [0.2, 0.25) is 0 Å². The maximum atomic E-state index is 12.3. The average Bonchev–Trinajstić information content (AvgIpc) is 3.09. The second kappa shape index (κ2) is 9.41. The number of carbonyl (C=O) groups is 2. The van der Waals surface area contributed by atoms with Crippen LogP contribution in [0.5, 0.6) is 0 Å². The second-order valence-electron chi connectivity index (χ2n) is 8.08. The molecular weight excluding hydrogens is 412 g/mol. The van der Waals surface area contributed by atoms with E-state index in [9.17, 15) is 19.5 Å². The van der Waals surface area contributed by atoms with Crippen molar-refractivity contribution in [2.45, 2.75) is 39.0 Å². The van der Waals surface area contributed by atoms with Crippen LogP contribution in [0.25, 0.3) is 16.5 Å². The number of carboxylic acids is 1. The molecule has 0 radical (unpaired) electrons. The fraction of sp³-hybridized carbons (Fsp3) is 0.250. The second-order valence-corrected chi connectivity index (χ2v) is 8.08. The molecule has 3 aromatic rings. The molecule has 0 saturated heterocycles. The number of amides is 1. The van der Waals surface area contributed by atoms with E-state index in [1.165, 1.54) is 10.9 Å². The maximum Gasteiger partial charge on any atom is 0.408 e. The molecule has 0 aliphatic carbocycles. The molecule has 0 saturated carbocycles. The third kappa shape index (κ3) is 5.36. The summed E-state index contributed by atoms with van der Waals surface area (Å²) in [6.45, 7) is 5.55. The van der Waals surface area contributed by atoms with E-state index >= 15 is 0 Å². The highest BCUT2D eigenvalue weighted by Crippen LogP contribution is 2.28. The van der Waals surface area contributed by atoms with Gasteiger partial charge in [0.25, 0.3) is 0 Å². The van der Waals surface area contributed by atoms with Crippen molar-refractivity contribution in [2.75, 3.05) is 0 Å². The lowest BCUT2D eigenvalue weighted by Gasteiger charge is -2.21. The SMILES string of the molecule is CC(C)(C)On1cc(C(=C=O)C(NC(=O)OCc2ccccc2)C(=O)O)c2ccccc21. The van der Waals surface area contributed by atoms with Crippen LogP contribution in [0.1, 0.15) is 31.9 Å². The summed E-state index contributed by atoms with van der Waals surface area (Å²) in [6, 6.07) is 14.3. The number of nitrogens with zero attached hydrogens (tertiary/aromatic N) is 1. The van der Waals surface area contributed by atoms with E-state index in [4.69, 9.17) is 9.57 Å². The number of benzene rings is 2.